The van der Waals surface area contributed by atoms with Crippen LogP contribution in [0.1, 0.15) is 22.3 Å². The van der Waals surface area contributed by atoms with E-state index in [0.717, 1.165) is 12.1 Å². The van der Waals surface area contributed by atoms with E-state index in [4.69, 9.17) is 0 Å². The van der Waals surface area contributed by atoms with E-state index >= 15 is 0 Å². The van der Waals surface area contributed by atoms with Gasteiger partial charge in [0.2, 0.25) is 0 Å². The molecule has 2 N–H and O–H groups in total. The van der Waals surface area contributed by atoms with Crippen LogP contribution in [-0.2, 0) is 6.54 Å². The summed E-state index contributed by atoms with van der Waals surface area (Å²) in [6.07, 6.45) is 0.662. The van der Waals surface area contributed by atoms with Gasteiger partial charge in [-0.25, -0.2) is 17.6 Å². The van der Waals surface area contributed by atoms with Crippen molar-refractivity contribution in [3.8, 4) is 0 Å². The highest BCUT2D eigenvalue weighted by molar-refractivity contribution is 6.07. The number of carbonyl (C=O) groups excluding carboxylic acids is 1. The zero-order valence-electron chi connectivity index (χ0n) is 15.8. The van der Waals surface area contributed by atoms with Crippen LogP contribution in [0.4, 0.5) is 17.6 Å². The van der Waals surface area contributed by atoms with Gasteiger partial charge in [-0.1, -0.05) is 12.1 Å². The Morgan fingerprint density at radius 3 is 2.67 bits per heavy atom. The summed E-state index contributed by atoms with van der Waals surface area (Å²) in [5, 5.41) is 5.67. The Hall–Kier alpha value is -2.58. The fraction of sp³-hybridized carbons (Fsp3) is 0.286. The quantitative estimate of drug-likeness (QED) is 0.602. The van der Waals surface area contributed by atoms with Gasteiger partial charge in [0.1, 0.15) is 12.0 Å². The van der Waals surface area contributed by atoms with Crippen LogP contribution in [0, 0.1) is 17.5 Å². The minimum Gasteiger partial charge on any atom is -0.346 e. The lowest BCUT2D eigenvalue weighted by atomic mass is 10.0. The molecule has 0 saturated carbocycles. The molecule has 1 unspecified atom stereocenters. The van der Waals surface area contributed by atoms with Crippen molar-refractivity contribution < 1.29 is 22.4 Å². The van der Waals surface area contributed by atoms with Crippen LogP contribution in [-0.4, -0.2) is 35.8 Å². The number of hydrogen-bond acceptors (Lipinski definition) is 2. The highest BCUT2D eigenvalue weighted by atomic mass is 35.5. The second kappa shape index (κ2) is 9.06. The van der Waals surface area contributed by atoms with Gasteiger partial charge >= 0.3 is 0 Å². The Morgan fingerprint density at radius 1 is 1.13 bits per heavy atom. The van der Waals surface area contributed by atoms with Crippen molar-refractivity contribution in [2.45, 2.75) is 25.2 Å². The van der Waals surface area contributed by atoms with Gasteiger partial charge in [-0.15, -0.1) is 12.4 Å². The number of nitrogens with zero attached hydrogens (tertiary/aromatic N) is 1. The number of amides is 1. The lowest BCUT2D eigenvalue weighted by Gasteiger charge is -2.27. The average molecular weight is 442 g/mol. The second-order valence-electron chi connectivity index (χ2n) is 7.14. The number of halogens is 5. The fourth-order valence-electron chi connectivity index (χ4n) is 3.68. The van der Waals surface area contributed by atoms with Crippen LogP contribution >= 0.6 is 12.4 Å². The molecule has 0 aliphatic carbocycles. The maximum Gasteiger partial charge on any atom is 0.253 e. The van der Waals surface area contributed by atoms with Gasteiger partial charge in [0.15, 0.2) is 11.6 Å². The van der Waals surface area contributed by atoms with Crippen molar-refractivity contribution >= 4 is 29.2 Å². The normalized spacial score (nSPS) is 18.8. The van der Waals surface area contributed by atoms with Gasteiger partial charge in [0.25, 0.3) is 5.91 Å². The molecular formula is C21H20ClF4N3O. The Labute approximate surface area is 176 Å². The van der Waals surface area contributed by atoms with Gasteiger partial charge < -0.3 is 15.2 Å². The summed E-state index contributed by atoms with van der Waals surface area (Å²) in [6.45, 7) is 0.846. The molecule has 160 valence electrons. The first-order chi connectivity index (χ1) is 13.9. The minimum atomic E-state index is -1.23. The maximum absolute atomic E-state index is 14.5. The monoisotopic (exact) mass is 441 g/mol. The summed E-state index contributed by atoms with van der Waals surface area (Å²) in [5.41, 5.74) is 0.965. The topological polar surface area (TPSA) is 46.1 Å². The van der Waals surface area contributed by atoms with Crippen LogP contribution in [0.5, 0.6) is 0 Å². The van der Waals surface area contributed by atoms with Gasteiger partial charge in [-0.05, 0) is 42.8 Å². The van der Waals surface area contributed by atoms with Crippen molar-refractivity contribution in [1.29, 1.82) is 0 Å². The van der Waals surface area contributed by atoms with Crippen LogP contribution in [0.2, 0.25) is 0 Å². The molecule has 1 amide bonds. The van der Waals surface area contributed by atoms with E-state index in [1.807, 2.05) is 0 Å². The lowest BCUT2D eigenvalue weighted by molar-refractivity contribution is 0.0893. The third-order valence-electron chi connectivity index (χ3n) is 5.16. The first kappa shape index (κ1) is 22.1. The maximum atomic E-state index is 14.5. The molecule has 2 heterocycles. The van der Waals surface area contributed by atoms with E-state index in [0.29, 0.717) is 24.0 Å². The molecule has 1 saturated heterocycles. The van der Waals surface area contributed by atoms with E-state index in [-0.39, 0.29) is 36.4 Å². The van der Waals surface area contributed by atoms with E-state index in [2.05, 4.69) is 10.6 Å². The van der Waals surface area contributed by atoms with Gasteiger partial charge in [-0.3, -0.25) is 4.79 Å². The van der Waals surface area contributed by atoms with Crippen LogP contribution < -0.4 is 10.6 Å². The van der Waals surface area contributed by atoms with Crippen LogP contribution in [0.25, 0.3) is 10.9 Å². The number of piperidine rings is 1. The SMILES string of the molecule is Cl.O=C(NC1CCNC[C@@H]1F)c1cn(Cc2ccc(F)c(F)c2)c2cccc(F)c12. The number of benzene rings is 2. The highest BCUT2D eigenvalue weighted by Crippen LogP contribution is 2.26. The molecule has 4 rings (SSSR count). The van der Waals surface area contributed by atoms with Gasteiger partial charge in [-0.2, -0.15) is 0 Å². The molecule has 1 aliphatic rings. The molecule has 3 aromatic rings. The molecule has 2 atom stereocenters. The second-order valence-corrected chi connectivity index (χ2v) is 7.14. The summed E-state index contributed by atoms with van der Waals surface area (Å²) in [7, 11) is 0. The van der Waals surface area contributed by atoms with Crippen molar-refractivity contribution in [2.24, 2.45) is 0 Å². The number of nitrogens with one attached hydrogen (secondary N) is 2. The third kappa shape index (κ3) is 4.29. The average Bonchev–Trinajstić information content (AvgIpc) is 3.06. The number of aromatic nitrogens is 1. The van der Waals surface area contributed by atoms with Gasteiger partial charge in [0, 0.05) is 24.7 Å². The molecule has 4 nitrogen and oxygen atoms in total. The molecule has 1 aliphatic heterocycles. The Balaban J connectivity index is 0.00000256. The molecule has 30 heavy (non-hydrogen) atoms. The predicted octanol–water partition coefficient (Wildman–Crippen LogP) is 3.96. The van der Waals surface area contributed by atoms with E-state index < -0.39 is 35.6 Å². The predicted molar refractivity (Wildman–Crippen MR) is 108 cm³/mol. The Kier molecular flexibility index (Phi) is 6.67. The Bertz CT molecular complexity index is 1070. The van der Waals surface area contributed by atoms with Crippen molar-refractivity contribution in [3.63, 3.8) is 0 Å². The molecule has 1 aromatic heterocycles. The minimum absolute atomic E-state index is 0. The smallest absolute Gasteiger partial charge is 0.253 e. The molecule has 0 spiro atoms. The standard InChI is InChI=1S/C21H19F4N3O.ClH/c22-14-5-4-12(8-16(14)24)10-28-11-13(20-15(23)2-1-3-19(20)28)21(29)27-18-6-7-26-9-17(18)25;/h1-5,8,11,17-18,26H,6-7,9-10H2,(H,27,29);1H/t17-,18?;/m0./s1. The number of rotatable bonds is 4. The highest BCUT2D eigenvalue weighted by Gasteiger charge is 2.28. The number of carbonyl (C=O) groups is 1. The number of fused-ring (bicyclic) bond motifs is 1. The zero-order chi connectivity index (χ0) is 20.5. The number of hydrogen-bond donors (Lipinski definition) is 2. The van der Waals surface area contributed by atoms with Crippen molar-refractivity contribution in [1.82, 2.24) is 15.2 Å². The zero-order valence-corrected chi connectivity index (χ0v) is 16.6. The molecular weight excluding hydrogens is 422 g/mol. The molecule has 2 aromatic carbocycles. The lowest BCUT2D eigenvalue weighted by Crippen LogP contribution is -2.50. The van der Waals surface area contributed by atoms with E-state index in [1.54, 1.807) is 10.6 Å². The van der Waals surface area contributed by atoms with E-state index in [9.17, 15) is 22.4 Å². The molecule has 0 radical (unpaired) electrons. The summed E-state index contributed by atoms with van der Waals surface area (Å²) in [6, 6.07) is 7.23. The number of alkyl halides is 1. The molecule has 9 heteroatoms. The summed E-state index contributed by atoms with van der Waals surface area (Å²) in [4.78, 5) is 12.8. The van der Waals surface area contributed by atoms with Crippen LogP contribution in [0.15, 0.2) is 42.6 Å². The Morgan fingerprint density at radius 2 is 1.93 bits per heavy atom. The van der Waals surface area contributed by atoms with Crippen molar-refractivity contribution in [3.05, 3.63) is 71.2 Å². The summed E-state index contributed by atoms with van der Waals surface area (Å²) < 4.78 is 56.9. The third-order valence-corrected chi connectivity index (χ3v) is 5.16. The van der Waals surface area contributed by atoms with Crippen LogP contribution in [0.3, 0.4) is 0 Å². The fourth-order valence-corrected chi connectivity index (χ4v) is 3.68. The first-order valence-corrected chi connectivity index (χ1v) is 9.31. The molecule has 1 fully saturated rings. The molecule has 0 bridgehead atoms. The largest absolute Gasteiger partial charge is 0.346 e. The summed E-state index contributed by atoms with van der Waals surface area (Å²) >= 11 is 0. The first-order valence-electron chi connectivity index (χ1n) is 9.31. The summed E-state index contributed by atoms with van der Waals surface area (Å²) in [5.74, 6) is -3.10. The van der Waals surface area contributed by atoms with E-state index in [1.165, 1.54) is 24.4 Å². The van der Waals surface area contributed by atoms with Crippen molar-refractivity contribution in [2.75, 3.05) is 13.1 Å². The van der Waals surface area contributed by atoms with Gasteiger partial charge in [0.05, 0.1) is 17.1 Å².